The summed E-state index contributed by atoms with van der Waals surface area (Å²) in [6, 6.07) is 0. The van der Waals surface area contributed by atoms with Crippen LogP contribution >= 0.6 is 0 Å². The van der Waals surface area contributed by atoms with Crippen molar-refractivity contribution in [3.05, 3.63) is 0 Å². The van der Waals surface area contributed by atoms with Crippen LogP contribution in [0.5, 0.6) is 0 Å². The van der Waals surface area contributed by atoms with Gasteiger partial charge in [0.1, 0.15) is 0 Å². The van der Waals surface area contributed by atoms with Gasteiger partial charge in [0.15, 0.2) is 0 Å². The van der Waals surface area contributed by atoms with Crippen molar-refractivity contribution >= 4 is 0 Å². The minimum absolute atomic E-state index is 0.654. The van der Waals surface area contributed by atoms with Crippen LogP contribution in [0.4, 0.5) is 0 Å². The molecule has 0 bridgehead atoms. The Labute approximate surface area is 150 Å². The van der Waals surface area contributed by atoms with Gasteiger partial charge >= 0.3 is 0 Å². The smallest absolute Gasteiger partial charge is 0.0203 e. The molecule has 3 fully saturated rings. The Kier molecular flexibility index (Phi) is 6.72. The summed E-state index contributed by atoms with van der Waals surface area (Å²) in [6.45, 7) is 4.40. The van der Waals surface area contributed by atoms with Gasteiger partial charge in [0, 0.05) is 17.8 Å². The van der Waals surface area contributed by atoms with E-state index >= 15 is 0 Å². The van der Waals surface area contributed by atoms with Gasteiger partial charge < -0.3 is 0 Å². The monoisotopic (exact) mass is 324 g/mol. The Bertz CT molecular complexity index is 484. The zero-order valence-corrected chi connectivity index (χ0v) is 15.9. The Balaban J connectivity index is 1.39. The van der Waals surface area contributed by atoms with Crippen molar-refractivity contribution in [1.29, 1.82) is 0 Å². The maximum atomic E-state index is 3.68. The predicted octanol–water partition coefficient (Wildman–Crippen LogP) is 6.45. The van der Waals surface area contributed by atoms with Gasteiger partial charge in [-0.05, 0) is 88.9 Å². The van der Waals surface area contributed by atoms with Crippen molar-refractivity contribution < 1.29 is 0 Å². The van der Waals surface area contributed by atoms with Crippen LogP contribution in [0.3, 0.4) is 0 Å². The van der Waals surface area contributed by atoms with Crippen LogP contribution in [-0.4, -0.2) is 0 Å². The van der Waals surface area contributed by atoms with E-state index in [0.29, 0.717) is 17.8 Å². The molecule has 0 aromatic rings. The van der Waals surface area contributed by atoms with E-state index in [4.69, 9.17) is 0 Å². The second-order valence-corrected chi connectivity index (χ2v) is 8.86. The molecule has 0 atom stereocenters. The lowest BCUT2D eigenvalue weighted by Crippen LogP contribution is -2.25. The maximum Gasteiger partial charge on any atom is 0.0203 e. The second-order valence-electron chi connectivity index (χ2n) is 8.86. The Morgan fingerprint density at radius 2 is 0.875 bits per heavy atom. The summed E-state index contributed by atoms with van der Waals surface area (Å²) >= 11 is 0. The van der Waals surface area contributed by atoms with Gasteiger partial charge in [-0.25, -0.2) is 0 Å². The molecule has 0 heterocycles. The average molecular weight is 325 g/mol. The molecule has 3 saturated carbocycles. The maximum absolute atomic E-state index is 3.68. The molecule has 0 N–H and O–H groups in total. The van der Waals surface area contributed by atoms with Crippen LogP contribution in [-0.2, 0) is 0 Å². The van der Waals surface area contributed by atoms with Gasteiger partial charge in [0.2, 0.25) is 0 Å². The van der Waals surface area contributed by atoms with Crippen LogP contribution in [0.1, 0.15) is 90.9 Å². The second kappa shape index (κ2) is 8.99. The third-order valence-corrected chi connectivity index (χ3v) is 7.07. The molecule has 0 aliphatic heterocycles. The van der Waals surface area contributed by atoms with Crippen LogP contribution in [0.2, 0.25) is 0 Å². The zero-order valence-electron chi connectivity index (χ0n) is 15.9. The van der Waals surface area contributed by atoms with Gasteiger partial charge in [-0.1, -0.05) is 31.6 Å². The van der Waals surface area contributed by atoms with Crippen LogP contribution in [0.15, 0.2) is 0 Å². The van der Waals surface area contributed by atoms with Gasteiger partial charge in [0.05, 0.1) is 0 Å². The highest BCUT2D eigenvalue weighted by atomic mass is 14.3. The van der Waals surface area contributed by atoms with Crippen molar-refractivity contribution in [2.24, 2.45) is 35.5 Å². The van der Waals surface area contributed by atoms with Crippen LogP contribution in [0, 0.1) is 59.2 Å². The van der Waals surface area contributed by atoms with Crippen LogP contribution < -0.4 is 0 Å². The first-order valence-electron chi connectivity index (χ1n) is 10.7. The lowest BCUT2D eigenvalue weighted by Gasteiger charge is -2.36. The molecule has 0 saturated heterocycles. The minimum Gasteiger partial charge on any atom is -0.106 e. The third-order valence-electron chi connectivity index (χ3n) is 7.07. The number of hydrogen-bond donors (Lipinski definition) is 0. The topological polar surface area (TPSA) is 0 Å². The van der Waals surface area contributed by atoms with E-state index in [1.807, 2.05) is 6.92 Å². The summed E-state index contributed by atoms with van der Waals surface area (Å²) in [4.78, 5) is 0. The molecule has 24 heavy (non-hydrogen) atoms. The zero-order chi connectivity index (χ0) is 16.8. The number of hydrogen-bond acceptors (Lipinski definition) is 0. The molecule has 132 valence electrons. The molecular formula is C24H36. The first kappa shape index (κ1) is 17.9. The van der Waals surface area contributed by atoms with Crippen molar-refractivity contribution in [2.75, 3.05) is 0 Å². The molecule has 0 unspecified atom stereocenters. The highest BCUT2D eigenvalue weighted by Crippen LogP contribution is 2.41. The van der Waals surface area contributed by atoms with Crippen LogP contribution in [0.25, 0.3) is 0 Å². The third kappa shape index (κ3) is 5.06. The van der Waals surface area contributed by atoms with Gasteiger partial charge in [0.25, 0.3) is 0 Å². The lowest BCUT2D eigenvalue weighted by atomic mass is 9.69. The fourth-order valence-electron chi connectivity index (χ4n) is 5.31. The summed E-state index contributed by atoms with van der Waals surface area (Å²) in [5.74, 6) is 18.9. The van der Waals surface area contributed by atoms with Crippen molar-refractivity contribution in [3.63, 3.8) is 0 Å². The Morgan fingerprint density at radius 3 is 1.33 bits per heavy atom. The van der Waals surface area contributed by atoms with E-state index < -0.39 is 0 Å². The largest absolute Gasteiger partial charge is 0.106 e. The van der Waals surface area contributed by atoms with E-state index in [0.717, 1.165) is 17.8 Å². The molecule has 0 radical (unpaired) electrons. The highest BCUT2D eigenvalue weighted by Gasteiger charge is 2.29. The molecule has 0 nitrogen and oxygen atoms in total. The van der Waals surface area contributed by atoms with Gasteiger partial charge in [-0.15, -0.1) is 11.8 Å². The van der Waals surface area contributed by atoms with Crippen molar-refractivity contribution in [3.8, 4) is 23.7 Å². The SMILES string of the molecule is CC#CC1CCC(C#CC2CCC(C3CCC(C)CC3)CC2)CC1. The van der Waals surface area contributed by atoms with E-state index in [2.05, 4.69) is 30.6 Å². The molecule has 0 spiro atoms. The molecule has 3 rings (SSSR count). The summed E-state index contributed by atoms with van der Waals surface area (Å²) in [5.41, 5.74) is 0. The molecule has 0 amide bonds. The summed E-state index contributed by atoms with van der Waals surface area (Å²) in [7, 11) is 0. The van der Waals surface area contributed by atoms with E-state index in [1.54, 1.807) is 0 Å². The summed E-state index contributed by atoms with van der Waals surface area (Å²) in [6.07, 6.45) is 16.7. The first-order valence-corrected chi connectivity index (χ1v) is 10.7. The molecule has 3 aliphatic carbocycles. The fourth-order valence-corrected chi connectivity index (χ4v) is 5.31. The number of rotatable bonds is 1. The Morgan fingerprint density at radius 1 is 0.500 bits per heavy atom. The quantitative estimate of drug-likeness (QED) is 0.486. The summed E-state index contributed by atoms with van der Waals surface area (Å²) < 4.78 is 0. The standard InChI is InChI=1S/C24H36/c1-3-4-20-7-9-21(10-8-20)11-12-22-13-17-24(18-14-22)23-15-5-19(2)6-16-23/h19-24H,5-10,13-18H2,1-2H3. The fraction of sp³-hybridized carbons (Fsp3) is 0.833. The Hall–Kier alpha value is -0.880. The summed E-state index contributed by atoms with van der Waals surface area (Å²) in [5, 5.41) is 0. The van der Waals surface area contributed by atoms with Crippen molar-refractivity contribution in [2.45, 2.75) is 90.9 Å². The van der Waals surface area contributed by atoms with Gasteiger partial charge in [-0.3, -0.25) is 0 Å². The molecular weight excluding hydrogens is 288 g/mol. The normalized spacial score (nSPS) is 39.9. The predicted molar refractivity (Wildman–Crippen MR) is 103 cm³/mol. The highest BCUT2D eigenvalue weighted by molar-refractivity contribution is 5.11. The lowest BCUT2D eigenvalue weighted by molar-refractivity contribution is 0.162. The first-order chi connectivity index (χ1) is 11.7. The van der Waals surface area contributed by atoms with E-state index in [1.165, 1.54) is 77.0 Å². The molecule has 0 heteroatoms. The van der Waals surface area contributed by atoms with E-state index in [9.17, 15) is 0 Å². The molecule has 3 aliphatic rings. The molecule has 0 aromatic carbocycles. The minimum atomic E-state index is 0.654. The van der Waals surface area contributed by atoms with Crippen molar-refractivity contribution in [1.82, 2.24) is 0 Å². The molecule has 0 aromatic heterocycles. The average Bonchev–Trinajstić information content (AvgIpc) is 2.63. The van der Waals surface area contributed by atoms with E-state index in [-0.39, 0.29) is 0 Å². The van der Waals surface area contributed by atoms with Gasteiger partial charge in [-0.2, -0.15) is 0 Å².